The van der Waals surface area contributed by atoms with Crippen LogP contribution in [0.25, 0.3) is 0 Å². The van der Waals surface area contributed by atoms with Crippen molar-refractivity contribution < 1.29 is 14.3 Å². The lowest BCUT2D eigenvalue weighted by Crippen LogP contribution is -2.47. The second-order valence-corrected chi connectivity index (χ2v) is 9.95. The molecule has 0 saturated carbocycles. The number of amides is 2. The molecule has 4 rings (SSSR count). The lowest BCUT2D eigenvalue weighted by atomic mass is 9.94. The minimum absolute atomic E-state index is 0.105. The summed E-state index contributed by atoms with van der Waals surface area (Å²) in [4.78, 5) is 34.1. The molecule has 0 unspecified atom stereocenters. The fraction of sp³-hybridized carbons (Fsp3) is 0.640. The zero-order chi connectivity index (χ0) is 24.1. The number of hydrogen-bond donors (Lipinski definition) is 2. The van der Waals surface area contributed by atoms with E-state index in [9.17, 15) is 9.59 Å². The van der Waals surface area contributed by atoms with E-state index in [0.717, 1.165) is 83.2 Å². The van der Waals surface area contributed by atoms with Gasteiger partial charge in [0.2, 0.25) is 11.8 Å². The van der Waals surface area contributed by atoms with Crippen molar-refractivity contribution >= 4 is 29.2 Å². The van der Waals surface area contributed by atoms with E-state index in [4.69, 9.17) is 22.1 Å². The topological polar surface area (TPSA) is 101 Å². The number of likely N-dealkylation sites (tertiary alicyclic amines) is 2. The highest BCUT2D eigenvalue weighted by molar-refractivity contribution is 6.33. The molecule has 186 valence electrons. The number of nitrogens with two attached hydrogens (primary N) is 1. The maximum Gasteiger partial charge on any atom is 0.257 e. The molecule has 2 saturated heterocycles. The lowest BCUT2D eigenvalue weighted by Gasteiger charge is -2.38. The van der Waals surface area contributed by atoms with Crippen LogP contribution < -0.4 is 15.8 Å². The number of nitrogens with one attached hydrogen (secondary N) is 1. The molecule has 0 atom stereocenters. The highest BCUT2D eigenvalue weighted by Gasteiger charge is 2.29. The Morgan fingerprint density at radius 2 is 1.94 bits per heavy atom. The maximum atomic E-state index is 12.9. The second kappa shape index (κ2) is 11.4. The summed E-state index contributed by atoms with van der Waals surface area (Å²) in [6.45, 7) is 6.93. The molecule has 0 radical (unpaired) electrons. The summed E-state index contributed by atoms with van der Waals surface area (Å²) < 4.78 is 5.49. The van der Waals surface area contributed by atoms with E-state index in [-0.39, 0.29) is 34.6 Å². The van der Waals surface area contributed by atoms with Gasteiger partial charge in [0, 0.05) is 44.3 Å². The van der Waals surface area contributed by atoms with Crippen molar-refractivity contribution in [3.63, 3.8) is 0 Å². The lowest BCUT2D eigenvalue weighted by molar-refractivity contribution is -0.128. The highest BCUT2D eigenvalue weighted by atomic mass is 35.5. The summed E-state index contributed by atoms with van der Waals surface area (Å²) in [5, 5.41) is 3.36. The quantitative estimate of drug-likeness (QED) is 0.609. The summed E-state index contributed by atoms with van der Waals surface area (Å²) in [6.07, 6.45) is 9.17. The molecule has 1 aromatic heterocycles. The van der Waals surface area contributed by atoms with Crippen LogP contribution in [-0.4, -0.2) is 72.0 Å². The first kappa shape index (κ1) is 24.8. The molecule has 0 bridgehead atoms. The van der Waals surface area contributed by atoms with Gasteiger partial charge >= 0.3 is 0 Å². The number of hydrogen-bond acceptors (Lipinski definition) is 6. The molecule has 2 aliphatic heterocycles. The monoisotopic (exact) mass is 489 g/mol. The Morgan fingerprint density at radius 3 is 2.59 bits per heavy atom. The Labute approximate surface area is 206 Å². The van der Waals surface area contributed by atoms with E-state index in [1.54, 1.807) is 0 Å². The van der Waals surface area contributed by atoms with Crippen LogP contribution in [0, 0.1) is 5.92 Å². The number of rotatable bonds is 7. The molecule has 2 fully saturated rings. The molecule has 1 aliphatic carbocycles. The molecule has 9 heteroatoms. The third-order valence-electron chi connectivity index (χ3n) is 7.15. The molecular formula is C25H36ClN5O3. The van der Waals surface area contributed by atoms with Crippen molar-refractivity contribution in [3.05, 3.63) is 28.3 Å². The summed E-state index contributed by atoms with van der Waals surface area (Å²) in [5.41, 5.74) is 7.10. The number of carbonyl (C=O) groups is 2. The molecule has 0 aromatic carbocycles. The number of allylic oxidation sites excluding steroid dienone is 1. The molecule has 8 nitrogen and oxygen atoms in total. The Hall–Kier alpha value is -2.32. The number of carbonyl (C=O) groups excluding carboxylic acids is 2. The number of anilines is 1. The van der Waals surface area contributed by atoms with E-state index in [1.807, 2.05) is 11.8 Å². The van der Waals surface area contributed by atoms with Gasteiger partial charge in [-0.2, -0.15) is 4.98 Å². The second-order valence-electron chi connectivity index (χ2n) is 9.55. The van der Waals surface area contributed by atoms with Crippen molar-refractivity contribution in [1.29, 1.82) is 0 Å². The number of nitrogens with zero attached hydrogens (tertiary/aromatic N) is 3. The van der Waals surface area contributed by atoms with Crippen molar-refractivity contribution in [2.24, 2.45) is 5.92 Å². The van der Waals surface area contributed by atoms with Gasteiger partial charge in [-0.3, -0.25) is 9.59 Å². The van der Waals surface area contributed by atoms with Crippen molar-refractivity contribution in [2.75, 3.05) is 45.1 Å². The average molecular weight is 490 g/mol. The third-order valence-corrected chi connectivity index (χ3v) is 7.45. The van der Waals surface area contributed by atoms with Crippen LogP contribution in [0.1, 0.15) is 62.2 Å². The van der Waals surface area contributed by atoms with Gasteiger partial charge < -0.3 is 25.6 Å². The highest BCUT2D eigenvalue weighted by Crippen LogP contribution is 2.27. The third kappa shape index (κ3) is 6.02. The molecule has 1 aromatic rings. The number of ether oxygens (including phenoxy) is 1. The summed E-state index contributed by atoms with van der Waals surface area (Å²) >= 11 is 6.09. The van der Waals surface area contributed by atoms with Gasteiger partial charge in [-0.15, -0.1) is 0 Å². The van der Waals surface area contributed by atoms with Crippen LogP contribution in [0.2, 0.25) is 5.02 Å². The van der Waals surface area contributed by atoms with Crippen LogP contribution in [0.4, 0.5) is 5.82 Å². The Balaban J connectivity index is 1.21. The first-order valence-electron chi connectivity index (χ1n) is 12.5. The van der Waals surface area contributed by atoms with Gasteiger partial charge in [0.15, 0.2) is 0 Å². The van der Waals surface area contributed by atoms with Crippen LogP contribution in [-0.2, 0) is 4.79 Å². The first-order chi connectivity index (χ1) is 16.4. The molecule has 2 amide bonds. The molecule has 3 aliphatic rings. The van der Waals surface area contributed by atoms with Crippen LogP contribution in [0.3, 0.4) is 0 Å². The minimum Gasteiger partial charge on any atom is -0.477 e. The largest absolute Gasteiger partial charge is 0.477 e. The number of pyridine rings is 1. The van der Waals surface area contributed by atoms with Gasteiger partial charge in [-0.05, 0) is 63.9 Å². The van der Waals surface area contributed by atoms with E-state index in [2.05, 4.69) is 21.3 Å². The zero-order valence-electron chi connectivity index (χ0n) is 20.0. The first-order valence-corrected chi connectivity index (χ1v) is 12.9. The summed E-state index contributed by atoms with van der Waals surface area (Å²) in [6, 6.07) is 1.63. The van der Waals surface area contributed by atoms with Crippen molar-refractivity contribution in [2.45, 2.75) is 57.9 Å². The van der Waals surface area contributed by atoms with E-state index < -0.39 is 0 Å². The summed E-state index contributed by atoms with van der Waals surface area (Å²) in [5.74, 6) is 1.03. The van der Waals surface area contributed by atoms with Gasteiger partial charge in [-0.25, -0.2) is 0 Å². The van der Waals surface area contributed by atoms with E-state index in [1.165, 1.54) is 6.07 Å². The van der Waals surface area contributed by atoms with Gasteiger partial charge in [0.1, 0.15) is 11.4 Å². The molecule has 3 N–H and O–H groups in total. The fourth-order valence-electron chi connectivity index (χ4n) is 5.17. The van der Waals surface area contributed by atoms with Gasteiger partial charge in [0.05, 0.1) is 11.6 Å². The predicted molar refractivity (Wildman–Crippen MR) is 133 cm³/mol. The van der Waals surface area contributed by atoms with E-state index in [0.29, 0.717) is 18.1 Å². The zero-order valence-corrected chi connectivity index (χ0v) is 20.8. The fourth-order valence-corrected chi connectivity index (χ4v) is 5.32. The number of halogens is 1. The van der Waals surface area contributed by atoms with Crippen LogP contribution >= 0.6 is 11.6 Å². The Kier molecular flexibility index (Phi) is 8.32. The van der Waals surface area contributed by atoms with Gasteiger partial charge in [-0.1, -0.05) is 17.7 Å². The molecule has 3 heterocycles. The predicted octanol–water partition coefficient (Wildman–Crippen LogP) is 3.26. The van der Waals surface area contributed by atoms with Crippen molar-refractivity contribution in [3.8, 4) is 5.88 Å². The SMILES string of the molecule is CCOc1nc(N)c(Cl)cc1C(=O)NC1CCN(CC2CCN(C(=O)C3=CCCC3)CC2)CC1. The number of piperidine rings is 2. The van der Waals surface area contributed by atoms with Gasteiger partial charge in [0.25, 0.3) is 5.91 Å². The van der Waals surface area contributed by atoms with Crippen LogP contribution in [0.15, 0.2) is 17.7 Å². The summed E-state index contributed by atoms with van der Waals surface area (Å²) in [7, 11) is 0. The number of aromatic nitrogens is 1. The molecular weight excluding hydrogens is 454 g/mol. The molecule has 34 heavy (non-hydrogen) atoms. The van der Waals surface area contributed by atoms with Crippen molar-refractivity contribution in [1.82, 2.24) is 20.1 Å². The standard InChI is InChI=1S/C25H36ClN5O3/c1-2-34-24-20(15-21(26)22(27)29-24)23(32)28-19-9-11-30(12-10-19)16-17-7-13-31(14-8-17)25(33)18-5-3-4-6-18/h5,15,17,19H,2-4,6-14,16H2,1H3,(H2,27,29)(H,28,32). The van der Waals surface area contributed by atoms with E-state index >= 15 is 0 Å². The number of nitrogen functional groups attached to an aromatic ring is 1. The maximum absolute atomic E-state index is 12.9. The Bertz CT molecular complexity index is 921. The van der Waals surface area contributed by atoms with Crippen LogP contribution in [0.5, 0.6) is 5.88 Å². The average Bonchev–Trinajstić information content (AvgIpc) is 3.38. The minimum atomic E-state index is -0.231. The molecule has 0 spiro atoms. The Morgan fingerprint density at radius 1 is 1.21 bits per heavy atom. The smallest absolute Gasteiger partial charge is 0.257 e. The normalized spacial score (nSPS) is 20.3.